The molecule has 2 unspecified atom stereocenters. The molecule has 0 aliphatic carbocycles. The van der Waals surface area contributed by atoms with Gasteiger partial charge in [-0.25, -0.2) is 4.79 Å². The van der Waals surface area contributed by atoms with E-state index in [1.165, 1.54) is 4.90 Å². The Kier molecular flexibility index (Phi) is 3.90. The topological polar surface area (TPSA) is 66.8 Å². The molecule has 1 amide bonds. The molecule has 0 saturated carbocycles. The molecule has 102 valence electrons. The zero-order chi connectivity index (χ0) is 13.2. The second-order valence-electron chi connectivity index (χ2n) is 5.38. The molecule has 2 aliphatic heterocycles. The van der Waals surface area contributed by atoms with E-state index in [-0.39, 0.29) is 5.91 Å². The number of amides is 1. The molecule has 2 atom stereocenters. The summed E-state index contributed by atoms with van der Waals surface area (Å²) in [6, 6.07) is -0.680. The number of hydrogen-bond acceptors (Lipinski definition) is 3. The normalized spacial score (nSPS) is 33.2. The predicted octanol–water partition coefficient (Wildman–Crippen LogP) is 1.41. The number of carbonyl (C=O) groups excluding carboxylic acids is 1. The molecule has 2 fully saturated rings. The highest BCUT2D eigenvalue weighted by atomic mass is 16.5. The molecule has 5 heteroatoms. The minimum absolute atomic E-state index is 0.144. The highest BCUT2D eigenvalue weighted by Crippen LogP contribution is 2.30. The molecular weight excluding hydrogens is 234 g/mol. The van der Waals surface area contributed by atoms with Crippen molar-refractivity contribution in [3.63, 3.8) is 0 Å². The van der Waals surface area contributed by atoms with Gasteiger partial charge in [-0.15, -0.1) is 0 Å². The van der Waals surface area contributed by atoms with Gasteiger partial charge in [0.1, 0.15) is 11.6 Å². The summed E-state index contributed by atoms with van der Waals surface area (Å²) in [5, 5.41) is 9.27. The number of aliphatic carboxylic acids is 1. The van der Waals surface area contributed by atoms with Crippen molar-refractivity contribution in [1.29, 1.82) is 0 Å². The maximum Gasteiger partial charge on any atom is 0.326 e. The van der Waals surface area contributed by atoms with Crippen molar-refractivity contribution in [2.24, 2.45) is 0 Å². The van der Waals surface area contributed by atoms with Crippen LogP contribution in [0.15, 0.2) is 0 Å². The second kappa shape index (κ2) is 5.26. The van der Waals surface area contributed by atoms with Crippen LogP contribution in [0.4, 0.5) is 0 Å². The fraction of sp³-hybridized carbons (Fsp3) is 0.846. The molecule has 0 aromatic rings. The van der Waals surface area contributed by atoms with Gasteiger partial charge < -0.3 is 14.7 Å². The van der Waals surface area contributed by atoms with Crippen LogP contribution in [0.5, 0.6) is 0 Å². The number of likely N-dealkylation sites (tertiary alicyclic amines) is 1. The summed E-state index contributed by atoms with van der Waals surface area (Å²) < 4.78 is 5.54. The monoisotopic (exact) mass is 255 g/mol. The summed E-state index contributed by atoms with van der Waals surface area (Å²) in [5.41, 5.74) is -0.807. The molecule has 0 spiro atoms. The van der Waals surface area contributed by atoms with E-state index in [0.29, 0.717) is 26.0 Å². The van der Waals surface area contributed by atoms with E-state index in [0.717, 1.165) is 25.7 Å². The molecule has 18 heavy (non-hydrogen) atoms. The SMILES string of the molecule is CC1(C(=O)N2CCCCCC2C(=O)O)CCCO1. The summed E-state index contributed by atoms with van der Waals surface area (Å²) in [6.07, 6.45) is 4.86. The van der Waals surface area contributed by atoms with Gasteiger partial charge >= 0.3 is 5.97 Å². The predicted molar refractivity (Wildman–Crippen MR) is 65.2 cm³/mol. The van der Waals surface area contributed by atoms with Gasteiger partial charge in [0.25, 0.3) is 5.91 Å². The zero-order valence-corrected chi connectivity index (χ0v) is 10.9. The molecule has 2 heterocycles. The molecule has 2 rings (SSSR count). The van der Waals surface area contributed by atoms with Crippen LogP contribution in [-0.4, -0.2) is 46.7 Å². The van der Waals surface area contributed by atoms with Crippen molar-refractivity contribution in [3.8, 4) is 0 Å². The van der Waals surface area contributed by atoms with Crippen molar-refractivity contribution < 1.29 is 19.4 Å². The Bertz CT molecular complexity index is 336. The van der Waals surface area contributed by atoms with Crippen molar-refractivity contribution in [1.82, 2.24) is 4.90 Å². The average Bonchev–Trinajstić information content (AvgIpc) is 2.65. The lowest BCUT2D eigenvalue weighted by molar-refractivity contribution is -0.160. The molecule has 2 aliphatic rings. The van der Waals surface area contributed by atoms with Crippen LogP contribution in [-0.2, 0) is 14.3 Å². The van der Waals surface area contributed by atoms with Gasteiger partial charge in [-0.2, -0.15) is 0 Å². The number of carboxylic acids is 1. The van der Waals surface area contributed by atoms with E-state index >= 15 is 0 Å². The van der Waals surface area contributed by atoms with E-state index in [1.807, 2.05) is 0 Å². The first-order valence-corrected chi connectivity index (χ1v) is 6.72. The third kappa shape index (κ3) is 2.51. The van der Waals surface area contributed by atoms with Gasteiger partial charge in [0.2, 0.25) is 0 Å². The molecular formula is C13H21NO4. The molecule has 0 radical (unpaired) electrons. The van der Waals surface area contributed by atoms with Gasteiger partial charge in [-0.05, 0) is 32.6 Å². The van der Waals surface area contributed by atoms with Gasteiger partial charge in [-0.1, -0.05) is 12.8 Å². The smallest absolute Gasteiger partial charge is 0.326 e. The Morgan fingerprint density at radius 1 is 1.28 bits per heavy atom. The van der Waals surface area contributed by atoms with Crippen molar-refractivity contribution in [2.75, 3.05) is 13.2 Å². The lowest BCUT2D eigenvalue weighted by atomic mass is 9.99. The Labute approximate surface area is 107 Å². The maximum atomic E-state index is 12.5. The number of carbonyl (C=O) groups is 2. The van der Waals surface area contributed by atoms with Gasteiger partial charge in [0, 0.05) is 13.2 Å². The van der Waals surface area contributed by atoms with Crippen molar-refractivity contribution >= 4 is 11.9 Å². The molecule has 2 saturated heterocycles. The van der Waals surface area contributed by atoms with Gasteiger partial charge in [-0.3, -0.25) is 4.79 Å². The number of nitrogens with zero attached hydrogens (tertiary/aromatic N) is 1. The van der Waals surface area contributed by atoms with E-state index < -0.39 is 17.6 Å². The first-order valence-electron chi connectivity index (χ1n) is 6.72. The number of rotatable bonds is 2. The van der Waals surface area contributed by atoms with E-state index in [1.54, 1.807) is 6.92 Å². The van der Waals surface area contributed by atoms with Crippen molar-refractivity contribution in [2.45, 2.75) is 57.1 Å². The summed E-state index contributed by atoms with van der Waals surface area (Å²) in [6.45, 7) is 2.91. The first kappa shape index (κ1) is 13.3. The third-order valence-corrected chi connectivity index (χ3v) is 3.97. The minimum Gasteiger partial charge on any atom is -0.480 e. The number of hydrogen-bond donors (Lipinski definition) is 1. The van der Waals surface area contributed by atoms with Crippen LogP contribution in [0, 0.1) is 0 Å². The fourth-order valence-electron chi connectivity index (χ4n) is 2.86. The quantitative estimate of drug-likeness (QED) is 0.810. The molecule has 5 nitrogen and oxygen atoms in total. The number of ether oxygens (including phenoxy) is 1. The highest BCUT2D eigenvalue weighted by Gasteiger charge is 2.44. The Morgan fingerprint density at radius 3 is 2.67 bits per heavy atom. The summed E-state index contributed by atoms with van der Waals surface area (Å²) >= 11 is 0. The maximum absolute atomic E-state index is 12.5. The summed E-state index contributed by atoms with van der Waals surface area (Å²) in [4.78, 5) is 25.4. The van der Waals surface area contributed by atoms with Crippen LogP contribution < -0.4 is 0 Å². The van der Waals surface area contributed by atoms with Gasteiger partial charge in [0.15, 0.2) is 0 Å². The molecule has 0 aromatic carbocycles. The standard InChI is InChI=1S/C13H21NO4/c1-13(7-5-9-18-13)12(17)14-8-4-2-3-6-10(14)11(15)16/h10H,2-9H2,1H3,(H,15,16). The lowest BCUT2D eigenvalue weighted by Crippen LogP contribution is -2.53. The van der Waals surface area contributed by atoms with E-state index in [9.17, 15) is 14.7 Å². The molecule has 0 aromatic heterocycles. The minimum atomic E-state index is -0.896. The Balaban J connectivity index is 2.16. The van der Waals surface area contributed by atoms with Gasteiger partial charge in [0.05, 0.1) is 0 Å². The van der Waals surface area contributed by atoms with E-state index in [4.69, 9.17) is 4.74 Å². The molecule has 1 N–H and O–H groups in total. The largest absolute Gasteiger partial charge is 0.480 e. The second-order valence-corrected chi connectivity index (χ2v) is 5.38. The lowest BCUT2D eigenvalue weighted by Gasteiger charge is -2.33. The fourth-order valence-corrected chi connectivity index (χ4v) is 2.86. The van der Waals surface area contributed by atoms with Crippen LogP contribution >= 0.6 is 0 Å². The highest BCUT2D eigenvalue weighted by molar-refractivity contribution is 5.89. The van der Waals surface area contributed by atoms with E-state index in [2.05, 4.69) is 0 Å². The Morgan fingerprint density at radius 2 is 2.06 bits per heavy atom. The first-order chi connectivity index (χ1) is 8.54. The van der Waals surface area contributed by atoms with Crippen molar-refractivity contribution in [3.05, 3.63) is 0 Å². The number of carboxylic acid groups (broad SMARTS) is 1. The molecule has 0 bridgehead atoms. The Hall–Kier alpha value is -1.10. The van der Waals surface area contributed by atoms with Crippen LogP contribution in [0.25, 0.3) is 0 Å². The third-order valence-electron chi connectivity index (χ3n) is 3.97. The summed E-state index contributed by atoms with van der Waals surface area (Å²) in [7, 11) is 0. The van der Waals surface area contributed by atoms with Crippen LogP contribution in [0.1, 0.15) is 45.4 Å². The van der Waals surface area contributed by atoms with Crippen LogP contribution in [0.3, 0.4) is 0 Å². The average molecular weight is 255 g/mol. The zero-order valence-electron chi connectivity index (χ0n) is 10.9. The van der Waals surface area contributed by atoms with Crippen LogP contribution in [0.2, 0.25) is 0 Å². The summed E-state index contributed by atoms with van der Waals surface area (Å²) in [5.74, 6) is -1.04.